The molecule has 0 aliphatic carbocycles. The lowest BCUT2D eigenvalue weighted by atomic mass is 9.96. The topological polar surface area (TPSA) is 84.0 Å². The van der Waals surface area contributed by atoms with Crippen LogP contribution in [0, 0.1) is 5.92 Å². The molecule has 1 aromatic carbocycles. The van der Waals surface area contributed by atoms with Crippen LogP contribution in [0.3, 0.4) is 0 Å². The van der Waals surface area contributed by atoms with E-state index < -0.39 is 6.04 Å². The van der Waals surface area contributed by atoms with Crippen molar-refractivity contribution >= 4 is 22.7 Å². The molecule has 0 spiro atoms. The van der Waals surface area contributed by atoms with Crippen LogP contribution in [0.4, 0.5) is 0 Å². The Balaban J connectivity index is 2.37. The van der Waals surface area contributed by atoms with Crippen molar-refractivity contribution in [1.29, 1.82) is 0 Å². The second-order valence-electron chi connectivity index (χ2n) is 7.08. The molecule has 1 amide bonds. The number of benzene rings is 1. The number of carbonyl (C=O) groups is 2. The number of imidazole rings is 1. The Kier molecular flexibility index (Phi) is 6.18. The maximum absolute atomic E-state index is 12.8. The zero-order chi connectivity index (χ0) is 19.4. The summed E-state index contributed by atoms with van der Waals surface area (Å²) in [5.74, 6) is -0.415. The number of allylic oxidation sites excluding steroid dienone is 1. The van der Waals surface area contributed by atoms with Gasteiger partial charge in [-0.25, -0.2) is 4.79 Å². The highest BCUT2D eigenvalue weighted by molar-refractivity contribution is 6.06. The van der Waals surface area contributed by atoms with Crippen molar-refractivity contribution in [2.24, 2.45) is 5.92 Å². The summed E-state index contributed by atoms with van der Waals surface area (Å²) < 4.78 is 1.61. The molecule has 0 aliphatic rings. The number of ketones is 1. The van der Waals surface area contributed by atoms with Crippen LogP contribution in [0.1, 0.15) is 56.9 Å². The molecule has 0 aliphatic heterocycles. The first-order chi connectivity index (χ1) is 12.3. The molecular formula is C20H27N3O3. The zero-order valence-electron chi connectivity index (χ0n) is 15.8. The lowest BCUT2D eigenvalue weighted by Gasteiger charge is -2.21. The Morgan fingerprint density at radius 3 is 2.54 bits per heavy atom. The number of fused-ring (bicyclic) bond motifs is 1. The molecule has 0 fully saturated rings. The fourth-order valence-electron chi connectivity index (χ4n) is 3.09. The molecule has 1 atom stereocenters. The van der Waals surface area contributed by atoms with E-state index >= 15 is 0 Å². The second-order valence-corrected chi connectivity index (χ2v) is 7.08. The first-order valence-corrected chi connectivity index (χ1v) is 8.95. The van der Waals surface area contributed by atoms with Gasteiger partial charge >= 0.3 is 5.69 Å². The molecule has 2 rings (SSSR count). The van der Waals surface area contributed by atoms with Crippen LogP contribution >= 0.6 is 0 Å². The number of nitrogens with one attached hydrogen (secondary N) is 2. The van der Waals surface area contributed by atoms with E-state index in [9.17, 15) is 14.4 Å². The van der Waals surface area contributed by atoms with Crippen LogP contribution < -0.4 is 11.0 Å². The average Bonchev–Trinajstić information content (AvgIpc) is 2.92. The van der Waals surface area contributed by atoms with Crippen LogP contribution in [0.25, 0.3) is 11.0 Å². The van der Waals surface area contributed by atoms with Crippen molar-refractivity contribution in [2.75, 3.05) is 0 Å². The number of H-pyrrole nitrogens is 1. The minimum absolute atomic E-state index is 0.0198. The summed E-state index contributed by atoms with van der Waals surface area (Å²) in [6.07, 6.45) is 2.62. The number of nitrogens with zero attached hydrogens (tertiary/aromatic N) is 1. The van der Waals surface area contributed by atoms with Crippen molar-refractivity contribution in [2.45, 2.75) is 52.6 Å². The van der Waals surface area contributed by atoms with Crippen molar-refractivity contribution in [3.63, 3.8) is 0 Å². The first kappa shape index (κ1) is 19.7. The summed E-state index contributed by atoms with van der Waals surface area (Å²) >= 11 is 0. The Hall–Kier alpha value is -2.63. The molecule has 140 valence electrons. The summed E-state index contributed by atoms with van der Waals surface area (Å²) in [6.45, 7) is 11.2. The highest BCUT2D eigenvalue weighted by Gasteiger charge is 2.25. The number of hydrogen-bond acceptors (Lipinski definition) is 3. The quantitative estimate of drug-likeness (QED) is 0.712. The van der Waals surface area contributed by atoms with Crippen LogP contribution in [0.2, 0.25) is 0 Å². The fraction of sp³-hybridized carbons (Fsp3) is 0.450. The molecule has 26 heavy (non-hydrogen) atoms. The molecular weight excluding hydrogens is 330 g/mol. The van der Waals surface area contributed by atoms with Crippen molar-refractivity contribution < 1.29 is 9.59 Å². The SMILES string of the molecule is C=CCCC(=O)C(NC(=O)c1cccc2c1[nH]c(=O)n2C(C)C)C(C)C. The van der Waals surface area contributed by atoms with Gasteiger partial charge in [0.2, 0.25) is 0 Å². The lowest BCUT2D eigenvalue weighted by Crippen LogP contribution is -2.44. The number of Topliss-reactive ketones (excluding diaryl/α,β-unsaturated/α-hetero) is 1. The number of para-hydroxylation sites is 1. The van der Waals surface area contributed by atoms with E-state index in [4.69, 9.17) is 0 Å². The van der Waals surface area contributed by atoms with E-state index in [0.717, 1.165) is 0 Å². The number of rotatable bonds is 8. The number of carbonyl (C=O) groups excluding carboxylic acids is 2. The second kappa shape index (κ2) is 8.17. The van der Waals surface area contributed by atoms with E-state index in [1.807, 2.05) is 27.7 Å². The summed E-state index contributed by atoms with van der Waals surface area (Å²) in [5.41, 5.74) is 1.28. The Morgan fingerprint density at radius 1 is 1.27 bits per heavy atom. The van der Waals surface area contributed by atoms with E-state index in [0.29, 0.717) is 29.4 Å². The number of amides is 1. The third kappa shape index (κ3) is 3.95. The number of aromatic nitrogens is 2. The fourth-order valence-corrected chi connectivity index (χ4v) is 3.09. The number of hydrogen-bond donors (Lipinski definition) is 2. The van der Waals surface area contributed by atoms with Crippen molar-refractivity contribution in [3.05, 3.63) is 46.9 Å². The van der Waals surface area contributed by atoms with Gasteiger partial charge in [0.25, 0.3) is 5.91 Å². The summed E-state index contributed by atoms with van der Waals surface area (Å²) in [6, 6.07) is 4.60. The van der Waals surface area contributed by atoms with E-state index in [1.165, 1.54) is 0 Å². The largest absolute Gasteiger partial charge is 0.342 e. The minimum atomic E-state index is -0.573. The summed E-state index contributed by atoms with van der Waals surface area (Å²) in [4.78, 5) is 40.2. The van der Waals surface area contributed by atoms with Gasteiger partial charge in [-0.05, 0) is 38.3 Å². The van der Waals surface area contributed by atoms with Crippen LogP contribution in [-0.2, 0) is 4.79 Å². The predicted octanol–water partition coefficient (Wildman–Crippen LogP) is 3.20. The van der Waals surface area contributed by atoms with Crippen molar-refractivity contribution in [1.82, 2.24) is 14.9 Å². The van der Waals surface area contributed by atoms with Gasteiger partial charge in [0.15, 0.2) is 5.78 Å². The van der Waals surface area contributed by atoms with Gasteiger partial charge < -0.3 is 10.3 Å². The van der Waals surface area contributed by atoms with Crippen LogP contribution in [-0.4, -0.2) is 27.3 Å². The maximum Gasteiger partial charge on any atom is 0.326 e. The van der Waals surface area contributed by atoms with Gasteiger partial charge in [-0.2, -0.15) is 0 Å². The minimum Gasteiger partial charge on any atom is -0.342 e. The first-order valence-electron chi connectivity index (χ1n) is 8.95. The molecule has 6 nitrogen and oxygen atoms in total. The zero-order valence-corrected chi connectivity index (χ0v) is 15.8. The Labute approximate surface area is 153 Å². The van der Waals surface area contributed by atoms with E-state index in [-0.39, 0.29) is 29.3 Å². The van der Waals surface area contributed by atoms with Crippen LogP contribution in [0.15, 0.2) is 35.6 Å². The molecule has 6 heteroatoms. The standard InChI is InChI=1S/C20H27N3O3/c1-6-7-11-16(24)17(12(2)3)21-19(25)14-9-8-10-15-18(14)22-20(26)23(15)13(4)5/h6,8-10,12-13,17H,1,7,11H2,2-5H3,(H,21,25)(H,22,26). The van der Waals surface area contributed by atoms with Gasteiger partial charge in [0.05, 0.1) is 22.6 Å². The molecule has 1 aromatic heterocycles. The van der Waals surface area contributed by atoms with Crippen LogP contribution in [0.5, 0.6) is 0 Å². The average molecular weight is 357 g/mol. The highest BCUT2D eigenvalue weighted by Crippen LogP contribution is 2.19. The van der Waals surface area contributed by atoms with Gasteiger partial charge in [0.1, 0.15) is 0 Å². The predicted molar refractivity (Wildman–Crippen MR) is 103 cm³/mol. The summed E-state index contributed by atoms with van der Waals surface area (Å²) in [7, 11) is 0. The molecule has 2 aromatic rings. The van der Waals surface area contributed by atoms with Gasteiger partial charge in [-0.15, -0.1) is 6.58 Å². The molecule has 0 bridgehead atoms. The lowest BCUT2D eigenvalue weighted by molar-refractivity contribution is -0.121. The monoisotopic (exact) mass is 357 g/mol. The molecule has 0 saturated carbocycles. The Bertz CT molecular complexity index is 874. The smallest absolute Gasteiger partial charge is 0.326 e. The highest BCUT2D eigenvalue weighted by atomic mass is 16.2. The van der Waals surface area contributed by atoms with E-state index in [1.54, 1.807) is 28.8 Å². The molecule has 0 radical (unpaired) electrons. The number of aromatic amines is 1. The molecule has 2 N–H and O–H groups in total. The molecule has 1 unspecified atom stereocenters. The third-order valence-electron chi connectivity index (χ3n) is 4.41. The Morgan fingerprint density at radius 2 is 1.96 bits per heavy atom. The maximum atomic E-state index is 12.8. The normalized spacial score (nSPS) is 12.5. The van der Waals surface area contributed by atoms with Gasteiger partial charge in [-0.3, -0.25) is 14.2 Å². The molecule has 0 saturated heterocycles. The summed E-state index contributed by atoms with van der Waals surface area (Å²) in [5, 5.41) is 2.84. The van der Waals surface area contributed by atoms with Crippen molar-refractivity contribution in [3.8, 4) is 0 Å². The van der Waals surface area contributed by atoms with Gasteiger partial charge in [-0.1, -0.05) is 26.0 Å². The van der Waals surface area contributed by atoms with Gasteiger partial charge in [0, 0.05) is 12.5 Å². The third-order valence-corrected chi connectivity index (χ3v) is 4.41. The van der Waals surface area contributed by atoms with E-state index in [2.05, 4.69) is 16.9 Å². The molecule has 1 heterocycles.